The van der Waals surface area contributed by atoms with Crippen LogP contribution in [0.2, 0.25) is 0 Å². The third-order valence-electron chi connectivity index (χ3n) is 3.69. The third kappa shape index (κ3) is 2.36. The van der Waals surface area contributed by atoms with Crippen LogP contribution in [0.4, 0.5) is 0 Å². The zero-order valence-electron chi connectivity index (χ0n) is 11.4. The fraction of sp³-hybridized carbons (Fsp3) is 0.615. The highest BCUT2D eigenvalue weighted by molar-refractivity contribution is 7.13. The van der Waals surface area contributed by atoms with Crippen LogP contribution in [0.25, 0.3) is 0 Å². The van der Waals surface area contributed by atoms with Crippen LogP contribution in [0, 0.1) is 13.8 Å². The first-order chi connectivity index (χ1) is 8.86. The van der Waals surface area contributed by atoms with Gasteiger partial charge in [-0.05, 0) is 40.0 Å². The highest BCUT2D eigenvalue weighted by Gasteiger charge is 2.44. The second-order valence-electron chi connectivity index (χ2n) is 5.14. The van der Waals surface area contributed by atoms with Crippen LogP contribution in [0.15, 0.2) is 0 Å². The number of hydrogen-bond donors (Lipinski definition) is 1. The third-order valence-corrected chi connectivity index (χ3v) is 4.76. The molecule has 1 aromatic rings. The lowest BCUT2D eigenvalue weighted by Gasteiger charge is -2.41. The molecule has 104 valence electrons. The molecule has 1 N–H and O–H groups in total. The van der Waals surface area contributed by atoms with E-state index in [0.29, 0.717) is 23.5 Å². The molecule has 0 saturated carbocycles. The van der Waals surface area contributed by atoms with E-state index in [-0.39, 0.29) is 5.91 Å². The van der Waals surface area contributed by atoms with E-state index in [1.807, 2.05) is 6.92 Å². The Morgan fingerprint density at radius 3 is 2.58 bits per heavy atom. The van der Waals surface area contributed by atoms with Gasteiger partial charge in [0, 0.05) is 6.54 Å². The smallest absolute Gasteiger partial charge is 0.329 e. The summed E-state index contributed by atoms with van der Waals surface area (Å²) in [6.07, 6.45) is 2.20. The summed E-state index contributed by atoms with van der Waals surface area (Å²) >= 11 is 1.33. The van der Waals surface area contributed by atoms with Crippen LogP contribution in [0.5, 0.6) is 0 Å². The van der Waals surface area contributed by atoms with Crippen LogP contribution >= 0.6 is 11.3 Å². The quantitative estimate of drug-likeness (QED) is 0.903. The van der Waals surface area contributed by atoms with Gasteiger partial charge in [0.05, 0.1) is 10.7 Å². The Labute approximate surface area is 116 Å². The number of nitrogens with zero attached hydrogens (tertiary/aromatic N) is 2. The van der Waals surface area contributed by atoms with E-state index in [1.54, 1.807) is 13.8 Å². The first-order valence-electron chi connectivity index (χ1n) is 6.35. The predicted octanol–water partition coefficient (Wildman–Crippen LogP) is 2.23. The molecule has 1 amide bonds. The van der Waals surface area contributed by atoms with E-state index in [2.05, 4.69) is 4.98 Å². The molecule has 6 heteroatoms. The SMILES string of the molecule is Cc1nc(C)c(C(=O)N2CCCCC2(C)C(=O)O)s1. The van der Waals surface area contributed by atoms with Gasteiger partial charge in [-0.2, -0.15) is 0 Å². The number of likely N-dealkylation sites (tertiary alicyclic amines) is 1. The van der Waals surface area contributed by atoms with Crippen LogP contribution in [-0.2, 0) is 4.79 Å². The lowest BCUT2D eigenvalue weighted by Crippen LogP contribution is -2.57. The number of rotatable bonds is 2. The predicted molar refractivity (Wildman–Crippen MR) is 72.5 cm³/mol. The molecule has 0 spiro atoms. The van der Waals surface area contributed by atoms with Crippen molar-refractivity contribution in [2.45, 2.75) is 45.6 Å². The van der Waals surface area contributed by atoms with E-state index in [0.717, 1.165) is 17.8 Å². The number of carbonyl (C=O) groups is 2. The number of aryl methyl sites for hydroxylation is 2. The van der Waals surface area contributed by atoms with Gasteiger partial charge in [-0.3, -0.25) is 4.79 Å². The molecule has 0 bridgehead atoms. The largest absolute Gasteiger partial charge is 0.480 e. The van der Waals surface area contributed by atoms with Crippen LogP contribution in [0.1, 0.15) is 46.6 Å². The number of aromatic nitrogens is 1. The fourth-order valence-electron chi connectivity index (χ4n) is 2.52. The zero-order chi connectivity index (χ0) is 14.2. The molecule has 1 saturated heterocycles. The molecule has 0 aliphatic carbocycles. The molecule has 19 heavy (non-hydrogen) atoms. The minimum Gasteiger partial charge on any atom is -0.480 e. The number of thiazole rings is 1. The number of aliphatic carboxylic acids is 1. The molecule has 5 nitrogen and oxygen atoms in total. The summed E-state index contributed by atoms with van der Waals surface area (Å²) in [5.41, 5.74) is -0.412. The lowest BCUT2D eigenvalue weighted by atomic mass is 9.88. The van der Waals surface area contributed by atoms with Crippen molar-refractivity contribution in [3.05, 3.63) is 15.6 Å². The molecule has 0 aromatic carbocycles. The number of piperidine rings is 1. The lowest BCUT2D eigenvalue weighted by molar-refractivity contribution is -0.150. The maximum atomic E-state index is 12.6. The monoisotopic (exact) mass is 282 g/mol. The van der Waals surface area contributed by atoms with Crippen molar-refractivity contribution < 1.29 is 14.7 Å². The average Bonchev–Trinajstić information content (AvgIpc) is 2.68. The van der Waals surface area contributed by atoms with Crippen LogP contribution < -0.4 is 0 Å². The minimum atomic E-state index is -1.10. The first-order valence-corrected chi connectivity index (χ1v) is 7.17. The van der Waals surface area contributed by atoms with Gasteiger partial charge in [0.2, 0.25) is 0 Å². The van der Waals surface area contributed by atoms with Gasteiger partial charge in [0.15, 0.2) is 0 Å². The molecule has 1 atom stereocenters. The zero-order valence-corrected chi connectivity index (χ0v) is 12.2. The highest BCUT2D eigenvalue weighted by atomic mass is 32.1. The van der Waals surface area contributed by atoms with Gasteiger partial charge in [0.1, 0.15) is 10.4 Å². The van der Waals surface area contributed by atoms with Gasteiger partial charge in [0.25, 0.3) is 5.91 Å². The number of hydrogen-bond acceptors (Lipinski definition) is 4. The van der Waals surface area contributed by atoms with Crippen molar-refractivity contribution >= 4 is 23.2 Å². The van der Waals surface area contributed by atoms with E-state index in [9.17, 15) is 14.7 Å². The van der Waals surface area contributed by atoms with Crippen molar-refractivity contribution in [1.29, 1.82) is 0 Å². The number of amides is 1. The van der Waals surface area contributed by atoms with Crippen molar-refractivity contribution in [3.63, 3.8) is 0 Å². The summed E-state index contributed by atoms with van der Waals surface area (Å²) in [7, 11) is 0. The number of carboxylic acid groups (broad SMARTS) is 1. The summed E-state index contributed by atoms with van der Waals surface area (Å²) in [4.78, 5) is 30.4. The van der Waals surface area contributed by atoms with Gasteiger partial charge in [-0.15, -0.1) is 11.3 Å². The summed E-state index contributed by atoms with van der Waals surface area (Å²) in [5.74, 6) is -1.13. The molecule has 1 unspecified atom stereocenters. The molecule has 1 aromatic heterocycles. The second kappa shape index (κ2) is 4.92. The number of carboxylic acids is 1. The Kier molecular flexibility index (Phi) is 3.62. The maximum absolute atomic E-state index is 12.6. The van der Waals surface area contributed by atoms with Crippen molar-refractivity contribution in [2.24, 2.45) is 0 Å². The molecule has 1 fully saturated rings. The summed E-state index contributed by atoms with van der Waals surface area (Å²) in [6, 6.07) is 0. The summed E-state index contributed by atoms with van der Waals surface area (Å²) in [5, 5.41) is 10.3. The van der Waals surface area contributed by atoms with Gasteiger partial charge in [-0.1, -0.05) is 0 Å². The first kappa shape index (κ1) is 14.0. The van der Waals surface area contributed by atoms with E-state index in [4.69, 9.17) is 0 Å². The summed E-state index contributed by atoms with van der Waals surface area (Å²) < 4.78 is 0. The molecular weight excluding hydrogens is 264 g/mol. The normalized spacial score (nSPS) is 23.4. The van der Waals surface area contributed by atoms with E-state index >= 15 is 0 Å². The van der Waals surface area contributed by atoms with Gasteiger partial charge in [-0.25, -0.2) is 9.78 Å². The molecule has 1 aliphatic heterocycles. The standard InChI is InChI=1S/C13H18N2O3S/c1-8-10(19-9(2)14-8)11(16)15-7-5-4-6-13(15,3)12(17)18/h4-7H2,1-3H3,(H,17,18). The van der Waals surface area contributed by atoms with E-state index < -0.39 is 11.5 Å². The molecule has 2 rings (SSSR count). The molecule has 0 radical (unpaired) electrons. The Morgan fingerprint density at radius 1 is 1.37 bits per heavy atom. The van der Waals surface area contributed by atoms with Gasteiger partial charge < -0.3 is 10.0 Å². The van der Waals surface area contributed by atoms with Gasteiger partial charge >= 0.3 is 5.97 Å². The highest BCUT2D eigenvalue weighted by Crippen LogP contribution is 2.31. The second-order valence-corrected chi connectivity index (χ2v) is 6.34. The Bertz CT molecular complexity index is 526. The topological polar surface area (TPSA) is 70.5 Å². The Morgan fingerprint density at radius 2 is 2.05 bits per heavy atom. The Hall–Kier alpha value is -1.43. The van der Waals surface area contributed by atoms with Crippen molar-refractivity contribution in [1.82, 2.24) is 9.88 Å². The molecule has 1 aliphatic rings. The fourth-order valence-corrected chi connectivity index (χ4v) is 3.39. The van der Waals surface area contributed by atoms with Crippen molar-refractivity contribution in [3.8, 4) is 0 Å². The molecular formula is C13H18N2O3S. The van der Waals surface area contributed by atoms with Crippen LogP contribution in [-0.4, -0.2) is 39.0 Å². The Balaban J connectivity index is 2.36. The van der Waals surface area contributed by atoms with Crippen LogP contribution in [0.3, 0.4) is 0 Å². The maximum Gasteiger partial charge on any atom is 0.329 e. The van der Waals surface area contributed by atoms with E-state index in [1.165, 1.54) is 16.2 Å². The minimum absolute atomic E-state index is 0.201. The number of carbonyl (C=O) groups excluding carboxylic acids is 1. The molecule has 2 heterocycles. The van der Waals surface area contributed by atoms with Crippen molar-refractivity contribution in [2.75, 3.05) is 6.54 Å². The summed E-state index contributed by atoms with van der Waals surface area (Å²) in [6.45, 7) is 5.77. The average molecular weight is 282 g/mol.